The SMILES string of the molecule is CCN1CCCC1CNC(N)=NCc1ccnc(OCc2ccccc2)c1.I. The predicted molar refractivity (Wildman–Crippen MR) is 124 cm³/mol. The number of ether oxygens (including phenoxy) is 1. The summed E-state index contributed by atoms with van der Waals surface area (Å²) in [6.07, 6.45) is 4.23. The first kappa shape index (κ1) is 22.4. The number of hydrogen-bond acceptors (Lipinski definition) is 4. The van der Waals surface area contributed by atoms with Crippen LogP contribution in [0.25, 0.3) is 0 Å². The van der Waals surface area contributed by atoms with Crippen molar-refractivity contribution >= 4 is 29.9 Å². The summed E-state index contributed by atoms with van der Waals surface area (Å²) in [6, 6.07) is 14.5. The van der Waals surface area contributed by atoms with Crippen LogP contribution in [0.15, 0.2) is 53.7 Å². The molecule has 0 amide bonds. The normalized spacial score (nSPS) is 17.2. The van der Waals surface area contributed by atoms with E-state index in [0.717, 1.165) is 24.2 Å². The molecule has 1 aliphatic heterocycles. The molecule has 3 N–H and O–H groups in total. The molecule has 28 heavy (non-hydrogen) atoms. The van der Waals surface area contributed by atoms with Crippen molar-refractivity contribution in [3.63, 3.8) is 0 Å². The Hall–Kier alpha value is -1.87. The lowest BCUT2D eigenvalue weighted by molar-refractivity contribution is 0.267. The minimum Gasteiger partial charge on any atom is -0.473 e. The minimum absolute atomic E-state index is 0. The molecule has 0 saturated carbocycles. The van der Waals surface area contributed by atoms with Crippen molar-refractivity contribution < 1.29 is 4.74 Å². The molecule has 7 heteroatoms. The first-order chi connectivity index (χ1) is 13.2. The van der Waals surface area contributed by atoms with Gasteiger partial charge >= 0.3 is 0 Å². The van der Waals surface area contributed by atoms with E-state index in [-0.39, 0.29) is 24.0 Å². The summed E-state index contributed by atoms with van der Waals surface area (Å²) in [6.45, 7) is 6.33. The molecule has 1 atom stereocenters. The Bertz CT molecular complexity index is 741. The quantitative estimate of drug-likeness (QED) is 0.335. The van der Waals surface area contributed by atoms with Gasteiger partial charge in [-0.05, 0) is 43.1 Å². The molecule has 1 aliphatic rings. The van der Waals surface area contributed by atoms with Crippen molar-refractivity contribution in [2.45, 2.75) is 39.0 Å². The number of nitrogens with two attached hydrogens (primary N) is 1. The summed E-state index contributed by atoms with van der Waals surface area (Å²) in [4.78, 5) is 11.2. The molecule has 0 radical (unpaired) electrons. The summed E-state index contributed by atoms with van der Waals surface area (Å²) in [5, 5.41) is 3.26. The number of likely N-dealkylation sites (tertiary alicyclic amines) is 1. The van der Waals surface area contributed by atoms with Crippen LogP contribution in [0.5, 0.6) is 5.88 Å². The van der Waals surface area contributed by atoms with Crippen molar-refractivity contribution in [3.8, 4) is 5.88 Å². The van der Waals surface area contributed by atoms with Crippen molar-refractivity contribution in [1.82, 2.24) is 15.2 Å². The van der Waals surface area contributed by atoms with Crippen molar-refractivity contribution in [2.24, 2.45) is 10.7 Å². The van der Waals surface area contributed by atoms with Crippen LogP contribution in [0.3, 0.4) is 0 Å². The maximum atomic E-state index is 6.03. The third kappa shape index (κ3) is 6.94. The Morgan fingerprint density at radius 3 is 2.89 bits per heavy atom. The number of nitrogens with zero attached hydrogens (tertiary/aromatic N) is 3. The van der Waals surface area contributed by atoms with E-state index in [2.05, 4.69) is 27.1 Å². The Balaban J connectivity index is 0.00000280. The van der Waals surface area contributed by atoms with Gasteiger partial charge in [0, 0.05) is 24.8 Å². The Morgan fingerprint density at radius 1 is 1.29 bits per heavy atom. The molecule has 6 nitrogen and oxygen atoms in total. The number of benzene rings is 1. The van der Waals surface area contributed by atoms with E-state index in [1.807, 2.05) is 42.5 Å². The molecule has 1 unspecified atom stereocenters. The van der Waals surface area contributed by atoms with Gasteiger partial charge in [0.15, 0.2) is 5.96 Å². The third-order valence-corrected chi connectivity index (χ3v) is 4.88. The maximum Gasteiger partial charge on any atom is 0.213 e. The highest BCUT2D eigenvalue weighted by Gasteiger charge is 2.22. The van der Waals surface area contributed by atoms with E-state index >= 15 is 0 Å². The summed E-state index contributed by atoms with van der Waals surface area (Å²) < 4.78 is 5.77. The number of hydrogen-bond donors (Lipinski definition) is 2. The zero-order valence-electron chi connectivity index (χ0n) is 16.4. The fourth-order valence-corrected chi connectivity index (χ4v) is 3.36. The van der Waals surface area contributed by atoms with Gasteiger partial charge in [0.2, 0.25) is 5.88 Å². The van der Waals surface area contributed by atoms with Gasteiger partial charge in [-0.25, -0.2) is 9.98 Å². The Morgan fingerprint density at radius 2 is 2.11 bits per heavy atom. The van der Waals surface area contributed by atoms with Crippen molar-refractivity contribution in [2.75, 3.05) is 19.6 Å². The second kappa shape index (κ2) is 11.9. The summed E-state index contributed by atoms with van der Waals surface area (Å²) in [5.41, 5.74) is 8.17. The molecular weight excluding hydrogens is 465 g/mol. The number of aliphatic imine (C=N–C) groups is 1. The summed E-state index contributed by atoms with van der Waals surface area (Å²) in [5.74, 6) is 1.09. The average Bonchev–Trinajstić information content (AvgIpc) is 3.18. The average molecular weight is 495 g/mol. The largest absolute Gasteiger partial charge is 0.473 e. The van der Waals surface area contributed by atoms with E-state index in [0.29, 0.717) is 31.0 Å². The van der Waals surface area contributed by atoms with Crippen LogP contribution >= 0.6 is 24.0 Å². The number of guanidine groups is 1. The Labute approximate surface area is 184 Å². The molecule has 1 fully saturated rings. The number of aromatic nitrogens is 1. The van der Waals surface area contributed by atoms with E-state index < -0.39 is 0 Å². The number of pyridine rings is 1. The molecule has 0 aliphatic carbocycles. The van der Waals surface area contributed by atoms with Gasteiger partial charge in [-0.1, -0.05) is 37.3 Å². The number of likely N-dealkylation sites (N-methyl/N-ethyl adjacent to an activating group) is 1. The lowest BCUT2D eigenvalue weighted by atomic mass is 10.2. The highest BCUT2D eigenvalue weighted by molar-refractivity contribution is 14.0. The van der Waals surface area contributed by atoms with Crippen molar-refractivity contribution in [3.05, 3.63) is 59.8 Å². The fraction of sp³-hybridized carbons (Fsp3) is 0.429. The van der Waals surface area contributed by atoms with Crippen LogP contribution in [-0.2, 0) is 13.2 Å². The van der Waals surface area contributed by atoms with Gasteiger partial charge in [-0.15, -0.1) is 24.0 Å². The number of nitrogens with one attached hydrogen (secondary N) is 1. The lowest BCUT2D eigenvalue weighted by Crippen LogP contribution is -2.42. The minimum atomic E-state index is 0. The van der Waals surface area contributed by atoms with E-state index in [9.17, 15) is 0 Å². The molecule has 2 heterocycles. The second-order valence-corrected chi connectivity index (χ2v) is 6.78. The molecule has 0 bridgehead atoms. The topological polar surface area (TPSA) is 75.8 Å². The predicted octanol–water partition coefficient (Wildman–Crippen LogP) is 3.17. The van der Waals surface area contributed by atoms with Crippen LogP contribution in [-0.4, -0.2) is 41.5 Å². The van der Waals surface area contributed by atoms with Gasteiger partial charge < -0.3 is 15.8 Å². The van der Waals surface area contributed by atoms with Gasteiger partial charge in [0.1, 0.15) is 6.61 Å². The molecule has 3 rings (SSSR count). The summed E-state index contributed by atoms with van der Waals surface area (Å²) >= 11 is 0. The van der Waals surface area contributed by atoms with E-state index in [1.165, 1.54) is 19.4 Å². The van der Waals surface area contributed by atoms with Crippen LogP contribution in [0, 0.1) is 0 Å². The zero-order chi connectivity index (χ0) is 18.9. The third-order valence-electron chi connectivity index (χ3n) is 4.88. The van der Waals surface area contributed by atoms with Crippen LogP contribution in [0.2, 0.25) is 0 Å². The first-order valence-corrected chi connectivity index (χ1v) is 9.64. The second-order valence-electron chi connectivity index (χ2n) is 6.78. The van der Waals surface area contributed by atoms with Gasteiger partial charge in [0.05, 0.1) is 6.54 Å². The maximum absolute atomic E-state index is 6.03. The van der Waals surface area contributed by atoms with Gasteiger partial charge in [-0.2, -0.15) is 0 Å². The lowest BCUT2D eigenvalue weighted by Gasteiger charge is -2.23. The van der Waals surface area contributed by atoms with Crippen molar-refractivity contribution in [1.29, 1.82) is 0 Å². The fourth-order valence-electron chi connectivity index (χ4n) is 3.36. The standard InChI is InChI=1S/C21H29N5O.HI/c1-2-26-12-6-9-19(26)15-25-21(22)24-14-18-10-11-23-20(13-18)27-16-17-7-4-3-5-8-17;/h3-5,7-8,10-11,13,19H,2,6,9,12,14-16H2,1H3,(H3,22,24,25);1H. The molecule has 1 saturated heterocycles. The number of rotatable bonds is 8. The molecule has 0 spiro atoms. The van der Waals surface area contributed by atoms with Crippen LogP contribution < -0.4 is 15.8 Å². The van der Waals surface area contributed by atoms with Gasteiger partial charge in [-0.3, -0.25) is 4.90 Å². The van der Waals surface area contributed by atoms with E-state index in [4.69, 9.17) is 10.5 Å². The molecule has 1 aromatic carbocycles. The van der Waals surface area contributed by atoms with Crippen LogP contribution in [0.4, 0.5) is 0 Å². The highest BCUT2D eigenvalue weighted by atomic mass is 127. The molecule has 2 aromatic rings. The smallest absolute Gasteiger partial charge is 0.213 e. The number of halogens is 1. The zero-order valence-corrected chi connectivity index (χ0v) is 18.7. The van der Waals surface area contributed by atoms with Gasteiger partial charge in [0.25, 0.3) is 0 Å². The first-order valence-electron chi connectivity index (χ1n) is 9.64. The highest BCUT2D eigenvalue weighted by Crippen LogP contribution is 2.15. The Kier molecular flexibility index (Phi) is 9.49. The molecule has 1 aromatic heterocycles. The monoisotopic (exact) mass is 495 g/mol. The molecular formula is C21H30IN5O. The van der Waals surface area contributed by atoms with E-state index in [1.54, 1.807) is 6.20 Å². The van der Waals surface area contributed by atoms with Crippen LogP contribution in [0.1, 0.15) is 30.9 Å². The molecule has 152 valence electrons. The summed E-state index contributed by atoms with van der Waals surface area (Å²) in [7, 11) is 0.